The number of rotatable bonds is 1. The molecule has 0 N–H and O–H groups in total. The van der Waals surface area contributed by atoms with Crippen LogP contribution in [0.4, 0.5) is 0 Å². The fourth-order valence-electron chi connectivity index (χ4n) is 2.12. The number of aromatic nitrogens is 1. The van der Waals surface area contributed by atoms with E-state index in [4.69, 9.17) is 0 Å². The Morgan fingerprint density at radius 3 is 2.70 bits per heavy atom. The van der Waals surface area contributed by atoms with Gasteiger partial charge in [0.1, 0.15) is 5.69 Å². The lowest BCUT2D eigenvalue weighted by Gasteiger charge is -2.12. The largest absolute Gasteiger partial charge is 0.357 e. The zero-order valence-electron chi connectivity index (χ0n) is 11.2. The van der Waals surface area contributed by atoms with Gasteiger partial charge in [0.05, 0.1) is 0 Å². The molecule has 2 aliphatic rings. The van der Waals surface area contributed by atoms with Gasteiger partial charge >= 0.3 is 0 Å². The highest BCUT2D eigenvalue weighted by atomic mass is 16.1. The van der Waals surface area contributed by atoms with Gasteiger partial charge in [-0.15, -0.1) is 0 Å². The first-order valence-electron chi connectivity index (χ1n) is 6.42. The first kappa shape index (κ1) is 12.4. The van der Waals surface area contributed by atoms with E-state index in [-0.39, 0.29) is 5.78 Å². The standard InChI is InChI=1S/C17H14N2O/c1-19-11-8-13(9-12-19)4-5-14-6-7-16(20)17-15(14)3-2-10-18-17/h2-12H,1H3. The summed E-state index contributed by atoms with van der Waals surface area (Å²) in [5.74, 6) is -0.0375. The molecule has 0 aromatic carbocycles. The second-order valence-corrected chi connectivity index (χ2v) is 4.68. The number of carbonyl (C=O) groups is 1. The van der Waals surface area contributed by atoms with E-state index in [2.05, 4.69) is 4.98 Å². The highest BCUT2D eigenvalue weighted by Crippen LogP contribution is 2.24. The molecule has 1 aromatic rings. The average Bonchev–Trinajstić information content (AvgIpc) is 2.49. The maximum absolute atomic E-state index is 11.8. The number of carbonyl (C=O) groups excluding carboxylic acids is 1. The van der Waals surface area contributed by atoms with Crippen molar-refractivity contribution < 1.29 is 4.79 Å². The Hall–Kier alpha value is -2.68. The Bertz CT molecular complexity index is 689. The minimum atomic E-state index is -0.0375. The van der Waals surface area contributed by atoms with Crippen LogP contribution in [0.1, 0.15) is 16.1 Å². The molecule has 0 atom stereocenters. The molecule has 0 bridgehead atoms. The number of ketones is 1. The summed E-state index contributed by atoms with van der Waals surface area (Å²) in [4.78, 5) is 17.9. The molecule has 3 heteroatoms. The van der Waals surface area contributed by atoms with E-state index in [9.17, 15) is 4.79 Å². The molecule has 1 aromatic heterocycles. The van der Waals surface area contributed by atoms with Crippen molar-refractivity contribution in [2.45, 2.75) is 0 Å². The van der Waals surface area contributed by atoms with Gasteiger partial charge in [-0.3, -0.25) is 9.78 Å². The molecule has 0 amide bonds. The van der Waals surface area contributed by atoms with E-state index in [1.54, 1.807) is 12.3 Å². The van der Waals surface area contributed by atoms with Crippen LogP contribution >= 0.6 is 0 Å². The Kier molecular flexibility index (Phi) is 3.17. The van der Waals surface area contributed by atoms with Crippen LogP contribution in [0, 0.1) is 0 Å². The molecule has 1 aliphatic carbocycles. The van der Waals surface area contributed by atoms with E-state index >= 15 is 0 Å². The normalized spacial score (nSPS) is 18.6. The zero-order valence-corrected chi connectivity index (χ0v) is 11.2. The molecule has 1 aliphatic heterocycles. The lowest BCUT2D eigenvalue weighted by Crippen LogP contribution is -2.07. The smallest absolute Gasteiger partial charge is 0.204 e. The molecule has 0 fully saturated rings. The lowest BCUT2D eigenvalue weighted by atomic mass is 9.95. The van der Waals surface area contributed by atoms with Crippen molar-refractivity contribution in [3.8, 4) is 0 Å². The SMILES string of the molecule is CN1C=CC(=CC=C2C=CC(=O)c3ncccc32)C=C1. The van der Waals surface area contributed by atoms with E-state index in [0.717, 1.165) is 16.7 Å². The van der Waals surface area contributed by atoms with Crippen LogP contribution in [0.3, 0.4) is 0 Å². The summed E-state index contributed by atoms with van der Waals surface area (Å²) in [5.41, 5.74) is 3.53. The Labute approximate surface area is 117 Å². The Morgan fingerprint density at radius 2 is 1.90 bits per heavy atom. The summed E-state index contributed by atoms with van der Waals surface area (Å²) in [6, 6.07) is 3.77. The highest BCUT2D eigenvalue weighted by molar-refractivity contribution is 6.11. The number of pyridine rings is 1. The fraction of sp³-hybridized carbons (Fsp3) is 0.0588. The average molecular weight is 262 g/mol. The third kappa shape index (κ3) is 2.38. The first-order chi connectivity index (χ1) is 9.74. The van der Waals surface area contributed by atoms with Crippen molar-refractivity contribution in [1.29, 1.82) is 0 Å². The van der Waals surface area contributed by atoms with Crippen LogP contribution in [-0.4, -0.2) is 22.7 Å². The molecule has 2 heterocycles. The van der Waals surface area contributed by atoms with Gasteiger partial charge in [-0.05, 0) is 35.4 Å². The highest BCUT2D eigenvalue weighted by Gasteiger charge is 2.16. The molecule has 3 rings (SSSR count). The van der Waals surface area contributed by atoms with Crippen LogP contribution in [-0.2, 0) is 0 Å². The summed E-state index contributed by atoms with van der Waals surface area (Å²) in [6.45, 7) is 0. The summed E-state index contributed by atoms with van der Waals surface area (Å²) < 4.78 is 0. The summed E-state index contributed by atoms with van der Waals surface area (Å²) in [5, 5.41) is 0. The molecule has 0 saturated carbocycles. The molecule has 98 valence electrons. The number of allylic oxidation sites excluding steroid dienone is 8. The summed E-state index contributed by atoms with van der Waals surface area (Å²) in [7, 11) is 1.99. The summed E-state index contributed by atoms with van der Waals surface area (Å²) in [6.07, 6.45) is 17.2. The summed E-state index contributed by atoms with van der Waals surface area (Å²) >= 11 is 0. The van der Waals surface area contributed by atoms with Crippen molar-refractivity contribution in [2.24, 2.45) is 0 Å². The minimum absolute atomic E-state index is 0.0375. The predicted octanol–water partition coefficient (Wildman–Crippen LogP) is 3.12. The number of hydrogen-bond acceptors (Lipinski definition) is 3. The van der Waals surface area contributed by atoms with Gasteiger partial charge in [0, 0.05) is 31.2 Å². The van der Waals surface area contributed by atoms with Gasteiger partial charge in [-0.1, -0.05) is 24.3 Å². The van der Waals surface area contributed by atoms with Crippen LogP contribution in [0.25, 0.3) is 5.57 Å². The minimum Gasteiger partial charge on any atom is -0.357 e. The van der Waals surface area contributed by atoms with Gasteiger partial charge in [-0.2, -0.15) is 0 Å². The third-order valence-electron chi connectivity index (χ3n) is 3.23. The van der Waals surface area contributed by atoms with Crippen LogP contribution in [0.2, 0.25) is 0 Å². The monoisotopic (exact) mass is 262 g/mol. The zero-order chi connectivity index (χ0) is 13.9. The molecule has 0 radical (unpaired) electrons. The molecule has 0 saturated heterocycles. The maximum Gasteiger partial charge on any atom is 0.204 e. The number of hydrogen-bond donors (Lipinski definition) is 0. The quantitative estimate of drug-likeness (QED) is 0.779. The molecule has 3 nitrogen and oxygen atoms in total. The Morgan fingerprint density at radius 1 is 1.10 bits per heavy atom. The van der Waals surface area contributed by atoms with E-state index in [0.29, 0.717) is 5.69 Å². The topological polar surface area (TPSA) is 33.2 Å². The van der Waals surface area contributed by atoms with Crippen LogP contribution in [0.15, 0.2) is 72.8 Å². The molecular weight excluding hydrogens is 248 g/mol. The predicted molar refractivity (Wildman–Crippen MR) is 79.8 cm³/mol. The van der Waals surface area contributed by atoms with Crippen molar-refractivity contribution in [3.63, 3.8) is 0 Å². The third-order valence-corrected chi connectivity index (χ3v) is 3.23. The van der Waals surface area contributed by atoms with Crippen LogP contribution in [0.5, 0.6) is 0 Å². The van der Waals surface area contributed by atoms with E-state index in [1.165, 1.54) is 0 Å². The van der Waals surface area contributed by atoms with Gasteiger partial charge in [-0.25, -0.2) is 0 Å². The van der Waals surface area contributed by atoms with Gasteiger partial charge in [0.15, 0.2) is 0 Å². The van der Waals surface area contributed by atoms with E-state index in [1.807, 2.05) is 66.9 Å². The van der Waals surface area contributed by atoms with Gasteiger partial charge < -0.3 is 4.90 Å². The lowest BCUT2D eigenvalue weighted by molar-refractivity contribution is 0.104. The van der Waals surface area contributed by atoms with Crippen LogP contribution < -0.4 is 0 Å². The van der Waals surface area contributed by atoms with Gasteiger partial charge in [0.2, 0.25) is 5.78 Å². The van der Waals surface area contributed by atoms with Gasteiger partial charge in [0.25, 0.3) is 0 Å². The van der Waals surface area contributed by atoms with Crippen molar-refractivity contribution in [3.05, 3.63) is 84.0 Å². The van der Waals surface area contributed by atoms with E-state index < -0.39 is 0 Å². The molecule has 0 spiro atoms. The molecule has 20 heavy (non-hydrogen) atoms. The molecular formula is C17H14N2O. The first-order valence-corrected chi connectivity index (χ1v) is 6.42. The maximum atomic E-state index is 11.8. The molecule has 0 unspecified atom stereocenters. The van der Waals surface area contributed by atoms with Crippen molar-refractivity contribution in [2.75, 3.05) is 7.05 Å². The van der Waals surface area contributed by atoms with Crippen molar-refractivity contribution >= 4 is 11.4 Å². The fourth-order valence-corrected chi connectivity index (χ4v) is 2.12. The Balaban J connectivity index is 1.95. The number of nitrogens with zero attached hydrogens (tertiary/aromatic N) is 2. The van der Waals surface area contributed by atoms with Crippen molar-refractivity contribution in [1.82, 2.24) is 9.88 Å². The second kappa shape index (κ2) is 5.13. The number of fused-ring (bicyclic) bond motifs is 1. The second-order valence-electron chi connectivity index (χ2n) is 4.68.